The standard InChI is InChI=1S/C31H61NO4/c1-22(14-26(5)35-27-15-28(16-27)36-31(9,10)11)12-23(2)19-33-20-24(3)13-25(4)21-34-29-17-32(18-29)30(6,7)8/h22-29H,12-21H2,1-11H3. The van der Waals surface area contributed by atoms with Crippen molar-refractivity contribution in [2.45, 2.75) is 144 Å². The van der Waals surface area contributed by atoms with Crippen molar-refractivity contribution < 1.29 is 18.9 Å². The van der Waals surface area contributed by atoms with Gasteiger partial charge in [-0.05, 0) is 104 Å². The summed E-state index contributed by atoms with van der Waals surface area (Å²) in [5, 5.41) is 0. The topological polar surface area (TPSA) is 40.2 Å². The summed E-state index contributed by atoms with van der Waals surface area (Å²) in [5.74, 6) is 2.38. The molecule has 1 saturated carbocycles. The fraction of sp³-hybridized carbons (Fsp3) is 1.00. The molecule has 0 aromatic carbocycles. The molecular weight excluding hydrogens is 450 g/mol. The molecule has 2 aliphatic rings. The highest BCUT2D eigenvalue weighted by Crippen LogP contribution is 2.32. The molecule has 214 valence electrons. The van der Waals surface area contributed by atoms with E-state index < -0.39 is 0 Å². The second kappa shape index (κ2) is 14.3. The van der Waals surface area contributed by atoms with Gasteiger partial charge in [-0.3, -0.25) is 4.90 Å². The highest BCUT2D eigenvalue weighted by Gasteiger charge is 2.36. The van der Waals surface area contributed by atoms with Gasteiger partial charge < -0.3 is 18.9 Å². The van der Waals surface area contributed by atoms with E-state index in [4.69, 9.17) is 18.9 Å². The molecule has 0 spiro atoms. The summed E-state index contributed by atoms with van der Waals surface area (Å²) in [6, 6.07) is 0. The van der Waals surface area contributed by atoms with Gasteiger partial charge in [-0.15, -0.1) is 0 Å². The van der Waals surface area contributed by atoms with Gasteiger partial charge in [-0.25, -0.2) is 0 Å². The van der Waals surface area contributed by atoms with Gasteiger partial charge in [0.05, 0.1) is 30.0 Å². The van der Waals surface area contributed by atoms with Crippen LogP contribution in [0.3, 0.4) is 0 Å². The number of likely N-dealkylation sites (tertiary alicyclic amines) is 1. The zero-order valence-electron chi connectivity index (χ0n) is 25.8. The van der Waals surface area contributed by atoms with Crippen molar-refractivity contribution in [2.24, 2.45) is 23.7 Å². The fourth-order valence-corrected chi connectivity index (χ4v) is 5.71. The van der Waals surface area contributed by atoms with E-state index in [2.05, 4.69) is 81.1 Å². The molecule has 1 aliphatic carbocycles. The molecule has 0 aromatic rings. The molecule has 0 radical (unpaired) electrons. The second-order valence-corrected chi connectivity index (χ2v) is 14.6. The van der Waals surface area contributed by atoms with E-state index in [9.17, 15) is 0 Å². The largest absolute Gasteiger partial charge is 0.381 e. The van der Waals surface area contributed by atoms with E-state index in [1.165, 1.54) is 6.42 Å². The molecule has 0 aromatic heterocycles. The van der Waals surface area contributed by atoms with Crippen molar-refractivity contribution in [2.75, 3.05) is 32.9 Å². The molecule has 5 atom stereocenters. The smallest absolute Gasteiger partial charge is 0.0829 e. The quantitative estimate of drug-likeness (QED) is 0.224. The van der Waals surface area contributed by atoms with Gasteiger partial charge in [0.15, 0.2) is 0 Å². The Kier molecular flexibility index (Phi) is 12.7. The highest BCUT2D eigenvalue weighted by atomic mass is 16.5. The van der Waals surface area contributed by atoms with Gasteiger partial charge in [-0.2, -0.15) is 0 Å². The number of ether oxygens (including phenoxy) is 4. The summed E-state index contributed by atoms with van der Waals surface area (Å²) in [7, 11) is 0. The number of hydrogen-bond donors (Lipinski definition) is 0. The summed E-state index contributed by atoms with van der Waals surface area (Å²) in [6.45, 7) is 29.5. The Hall–Kier alpha value is -0.200. The minimum absolute atomic E-state index is 0.0526. The van der Waals surface area contributed by atoms with Crippen molar-refractivity contribution in [3.63, 3.8) is 0 Å². The van der Waals surface area contributed by atoms with E-state index in [0.717, 1.165) is 58.6 Å². The third-order valence-corrected chi connectivity index (χ3v) is 7.56. The van der Waals surface area contributed by atoms with Crippen LogP contribution >= 0.6 is 0 Å². The molecule has 1 aliphatic heterocycles. The monoisotopic (exact) mass is 511 g/mol. The lowest BCUT2D eigenvalue weighted by molar-refractivity contribution is -0.162. The number of nitrogens with zero attached hydrogens (tertiary/aromatic N) is 1. The molecule has 5 unspecified atom stereocenters. The molecule has 2 fully saturated rings. The van der Waals surface area contributed by atoms with Gasteiger partial charge in [0.25, 0.3) is 0 Å². The van der Waals surface area contributed by atoms with Crippen LogP contribution in [0.4, 0.5) is 0 Å². The highest BCUT2D eigenvalue weighted by molar-refractivity contribution is 4.89. The van der Waals surface area contributed by atoms with E-state index in [1.54, 1.807) is 0 Å². The molecule has 1 heterocycles. The SMILES string of the molecule is CC(COCC(C)CC(C)CC(C)OC1CC(OC(C)(C)C)C1)CC(C)COC1CN(C(C)(C)C)C1. The van der Waals surface area contributed by atoms with Crippen molar-refractivity contribution in [3.8, 4) is 0 Å². The van der Waals surface area contributed by atoms with Crippen LogP contribution in [0, 0.1) is 23.7 Å². The molecule has 5 nitrogen and oxygen atoms in total. The molecule has 0 amide bonds. The summed E-state index contributed by atoms with van der Waals surface area (Å²) < 4.78 is 24.6. The van der Waals surface area contributed by atoms with Crippen LogP contribution in [-0.4, -0.2) is 73.4 Å². The average Bonchev–Trinajstić information content (AvgIpc) is 2.62. The maximum absolute atomic E-state index is 6.27. The van der Waals surface area contributed by atoms with Crippen molar-refractivity contribution in [1.82, 2.24) is 4.90 Å². The maximum Gasteiger partial charge on any atom is 0.0829 e. The van der Waals surface area contributed by atoms with E-state index in [0.29, 0.717) is 48.1 Å². The first-order valence-corrected chi connectivity index (χ1v) is 14.9. The lowest BCUT2D eigenvalue weighted by atomic mass is 9.90. The minimum atomic E-state index is -0.0526. The Morgan fingerprint density at radius 1 is 0.667 bits per heavy atom. The molecule has 1 saturated heterocycles. The second-order valence-electron chi connectivity index (χ2n) is 14.6. The minimum Gasteiger partial charge on any atom is -0.381 e. The fourth-order valence-electron chi connectivity index (χ4n) is 5.71. The summed E-state index contributed by atoms with van der Waals surface area (Å²) in [4.78, 5) is 2.49. The average molecular weight is 512 g/mol. The molecule has 2 rings (SSSR count). The summed E-state index contributed by atoms with van der Waals surface area (Å²) >= 11 is 0. The first-order chi connectivity index (χ1) is 16.6. The van der Waals surface area contributed by atoms with Crippen LogP contribution in [0.2, 0.25) is 0 Å². The molecule has 36 heavy (non-hydrogen) atoms. The van der Waals surface area contributed by atoms with E-state index >= 15 is 0 Å². The van der Waals surface area contributed by atoms with E-state index in [1.807, 2.05) is 0 Å². The lowest BCUT2D eigenvalue weighted by Gasteiger charge is -2.47. The first kappa shape index (κ1) is 32.0. The van der Waals surface area contributed by atoms with Crippen LogP contribution in [-0.2, 0) is 18.9 Å². The summed E-state index contributed by atoms with van der Waals surface area (Å²) in [5.41, 5.74) is 0.211. The van der Waals surface area contributed by atoms with Gasteiger partial charge in [0.1, 0.15) is 0 Å². The first-order valence-electron chi connectivity index (χ1n) is 14.9. The zero-order valence-corrected chi connectivity index (χ0v) is 25.8. The zero-order chi connectivity index (χ0) is 27.1. The van der Waals surface area contributed by atoms with Crippen LogP contribution in [0.15, 0.2) is 0 Å². The van der Waals surface area contributed by atoms with Gasteiger partial charge in [0.2, 0.25) is 0 Å². The van der Waals surface area contributed by atoms with Crippen LogP contribution in [0.25, 0.3) is 0 Å². The van der Waals surface area contributed by atoms with Gasteiger partial charge >= 0.3 is 0 Å². The number of rotatable bonds is 16. The molecule has 0 N–H and O–H groups in total. The predicted octanol–water partition coefficient (Wildman–Crippen LogP) is 6.97. The molecular formula is C31H61NO4. The number of hydrogen-bond acceptors (Lipinski definition) is 5. The lowest BCUT2D eigenvalue weighted by Crippen LogP contribution is -2.59. The van der Waals surface area contributed by atoms with E-state index in [-0.39, 0.29) is 11.1 Å². The Morgan fingerprint density at radius 2 is 1.19 bits per heavy atom. The molecule has 5 heteroatoms. The van der Waals surface area contributed by atoms with Gasteiger partial charge in [0, 0.05) is 38.4 Å². The predicted molar refractivity (Wildman–Crippen MR) is 151 cm³/mol. The van der Waals surface area contributed by atoms with Crippen LogP contribution in [0.5, 0.6) is 0 Å². The Balaban J connectivity index is 1.48. The van der Waals surface area contributed by atoms with Crippen molar-refractivity contribution in [3.05, 3.63) is 0 Å². The Morgan fingerprint density at radius 3 is 1.72 bits per heavy atom. The van der Waals surface area contributed by atoms with Crippen LogP contribution in [0.1, 0.15) is 108 Å². The van der Waals surface area contributed by atoms with Gasteiger partial charge in [-0.1, -0.05) is 27.7 Å². The third-order valence-electron chi connectivity index (χ3n) is 7.56. The Bertz CT molecular complexity index is 601. The summed E-state index contributed by atoms with van der Waals surface area (Å²) in [6.07, 6.45) is 7.04. The van der Waals surface area contributed by atoms with Crippen LogP contribution < -0.4 is 0 Å². The van der Waals surface area contributed by atoms with Crippen molar-refractivity contribution >= 4 is 0 Å². The normalized spacial score (nSPS) is 26.1. The van der Waals surface area contributed by atoms with Crippen molar-refractivity contribution in [1.29, 1.82) is 0 Å². The third kappa shape index (κ3) is 12.6. The Labute approximate surface area is 224 Å². The molecule has 0 bridgehead atoms. The maximum atomic E-state index is 6.27.